The Labute approximate surface area is 88.9 Å². The quantitative estimate of drug-likeness (QED) is 0.808. The zero-order valence-electron chi connectivity index (χ0n) is 8.77. The van der Waals surface area contributed by atoms with Crippen molar-refractivity contribution in [3.8, 4) is 5.75 Å². The Balaban J connectivity index is 2.12. The predicted molar refractivity (Wildman–Crippen MR) is 54.7 cm³/mol. The van der Waals surface area contributed by atoms with E-state index in [-0.39, 0.29) is 12.7 Å². The second-order valence-electron chi connectivity index (χ2n) is 3.66. The minimum Gasteiger partial charge on any atom is -0.486 e. The van der Waals surface area contributed by atoms with Crippen molar-refractivity contribution in [2.75, 3.05) is 13.2 Å². The molecule has 1 unspecified atom stereocenters. The van der Waals surface area contributed by atoms with Gasteiger partial charge in [0.2, 0.25) is 0 Å². The van der Waals surface area contributed by atoms with Crippen LogP contribution in [0.5, 0.6) is 5.75 Å². The molecule has 4 heteroatoms. The summed E-state index contributed by atoms with van der Waals surface area (Å²) >= 11 is 0. The third-order valence-electron chi connectivity index (χ3n) is 2.40. The van der Waals surface area contributed by atoms with Gasteiger partial charge in [0, 0.05) is 12.1 Å². The summed E-state index contributed by atoms with van der Waals surface area (Å²) in [5.74, 6) is 0.665. The van der Waals surface area contributed by atoms with Crippen LogP contribution in [-0.2, 0) is 11.3 Å². The molecule has 4 nitrogen and oxygen atoms in total. The van der Waals surface area contributed by atoms with E-state index >= 15 is 0 Å². The van der Waals surface area contributed by atoms with Gasteiger partial charge in [0.15, 0.2) is 0 Å². The lowest BCUT2D eigenvalue weighted by Gasteiger charge is -2.14. The molecule has 2 heterocycles. The second-order valence-corrected chi connectivity index (χ2v) is 3.66. The van der Waals surface area contributed by atoms with Gasteiger partial charge in [-0.15, -0.1) is 0 Å². The molecular weight excluding hydrogens is 194 g/mol. The number of nitrogens with zero attached hydrogens (tertiary/aromatic N) is 1. The average Bonchev–Trinajstić information content (AvgIpc) is 2.73. The van der Waals surface area contributed by atoms with Crippen LogP contribution in [0.4, 0.5) is 0 Å². The monoisotopic (exact) mass is 209 g/mol. The predicted octanol–water partition coefficient (Wildman–Crippen LogP) is 1.05. The molecule has 1 aromatic heterocycles. The summed E-state index contributed by atoms with van der Waals surface area (Å²) in [4.78, 5) is 4.22. The lowest BCUT2D eigenvalue weighted by molar-refractivity contribution is 0.138. The zero-order valence-corrected chi connectivity index (χ0v) is 8.77. The first-order chi connectivity index (χ1) is 7.29. The van der Waals surface area contributed by atoms with E-state index in [0.717, 1.165) is 18.7 Å². The van der Waals surface area contributed by atoms with Crippen molar-refractivity contribution in [2.45, 2.75) is 26.1 Å². The van der Waals surface area contributed by atoms with Gasteiger partial charge >= 0.3 is 0 Å². The highest BCUT2D eigenvalue weighted by atomic mass is 16.5. The normalized spacial score (nSPS) is 20.5. The molecule has 1 atom stereocenters. The van der Waals surface area contributed by atoms with Crippen LogP contribution in [-0.4, -0.2) is 29.4 Å². The van der Waals surface area contributed by atoms with Crippen LogP contribution in [0.25, 0.3) is 0 Å². The fraction of sp³-hybridized carbons (Fsp3) is 0.545. The van der Waals surface area contributed by atoms with Crippen LogP contribution in [0.3, 0.4) is 0 Å². The van der Waals surface area contributed by atoms with Gasteiger partial charge in [0.05, 0.1) is 19.8 Å². The first-order valence-corrected chi connectivity index (χ1v) is 5.11. The number of hydrogen-bond acceptors (Lipinski definition) is 4. The average molecular weight is 209 g/mol. The van der Waals surface area contributed by atoms with Crippen molar-refractivity contribution in [1.29, 1.82) is 0 Å². The van der Waals surface area contributed by atoms with E-state index in [1.54, 1.807) is 0 Å². The molecule has 1 fully saturated rings. The Hall–Kier alpha value is -1.13. The number of aliphatic hydroxyl groups excluding tert-OH is 1. The number of rotatable bonds is 3. The van der Waals surface area contributed by atoms with E-state index in [2.05, 4.69) is 4.98 Å². The molecule has 0 radical (unpaired) electrons. The smallest absolute Gasteiger partial charge is 0.143 e. The van der Waals surface area contributed by atoms with Crippen LogP contribution < -0.4 is 4.74 Å². The molecule has 1 saturated heterocycles. The highest BCUT2D eigenvalue weighted by Crippen LogP contribution is 2.20. The fourth-order valence-corrected chi connectivity index (χ4v) is 1.60. The third-order valence-corrected chi connectivity index (χ3v) is 2.40. The number of aryl methyl sites for hydroxylation is 1. The van der Waals surface area contributed by atoms with Crippen molar-refractivity contribution in [2.24, 2.45) is 0 Å². The fourth-order valence-electron chi connectivity index (χ4n) is 1.60. The SMILES string of the molecule is Cc1ccc(OC2CCOC2)c(CO)n1. The molecule has 1 aromatic rings. The standard InChI is InChI=1S/C11H15NO3/c1-8-2-3-11(10(6-13)12-8)15-9-4-5-14-7-9/h2-3,9,13H,4-7H2,1H3. The van der Waals surface area contributed by atoms with Crippen LogP contribution >= 0.6 is 0 Å². The molecule has 1 aliphatic heterocycles. The Morgan fingerprint density at radius 3 is 3.13 bits per heavy atom. The maximum absolute atomic E-state index is 9.14. The van der Waals surface area contributed by atoms with E-state index in [1.165, 1.54) is 0 Å². The van der Waals surface area contributed by atoms with Crippen molar-refractivity contribution in [1.82, 2.24) is 4.98 Å². The first kappa shape index (κ1) is 10.4. The molecule has 15 heavy (non-hydrogen) atoms. The number of hydrogen-bond donors (Lipinski definition) is 1. The van der Waals surface area contributed by atoms with Gasteiger partial charge in [-0.25, -0.2) is 0 Å². The molecule has 0 spiro atoms. The van der Waals surface area contributed by atoms with E-state index in [1.807, 2.05) is 19.1 Å². The van der Waals surface area contributed by atoms with Gasteiger partial charge in [-0.1, -0.05) is 0 Å². The van der Waals surface area contributed by atoms with Crippen LogP contribution in [0.1, 0.15) is 17.8 Å². The highest BCUT2D eigenvalue weighted by molar-refractivity contribution is 5.29. The van der Waals surface area contributed by atoms with Crippen molar-refractivity contribution in [3.63, 3.8) is 0 Å². The molecule has 2 rings (SSSR count). The second kappa shape index (κ2) is 4.59. The summed E-state index contributed by atoms with van der Waals surface area (Å²) in [6, 6.07) is 3.73. The van der Waals surface area contributed by atoms with E-state index in [9.17, 15) is 0 Å². The summed E-state index contributed by atoms with van der Waals surface area (Å²) in [5.41, 5.74) is 1.48. The molecule has 0 amide bonds. The van der Waals surface area contributed by atoms with Gasteiger partial charge in [0.25, 0.3) is 0 Å². The maximum atomic E-state index is 9.14. The number of aromatic nitrogens is 1. The lowest BCUT2D eigenvalue weighted by atomic mass is 10.2. The molecule has 0 aromatic carbocycles. The summed E-state index contributed by atoms with van der Waals surface area (Å²) < 4.78 is 10.9. The zero-order chi connectivity index (χ0) is 10.7. The highest BCUT2D eigenvalue weighted by Gasteiger charge is 2.18. The third kappa shape index (κ3) is 2.46. The van der Waals surface area contributed by atoms with Crippen LogP contribution in [0.15, 0.2) is 12.1 Å². The number of pyridine rings is 1. The van der Waals surface area contributed by atoms with Crippen LogP contribution in [0.2, 0.25) is 0 Å². The minimum atomic E-state index is -0.0927. The maximum Gasteiger partial charge on any atom is 0.143 e. The summed E-state index contributed by atoms with van der Waals surface area (Å²) in [6.07, 6.45) is 0.999. The molecule has 1 N–H and O–H groups in total. The molecule has 1 aliphatic rings. The summed E-state index contributed by atoms with van der Waals surface area (Å²) in [7, 11) is 0. The molecular formula is C11H15NO3. The van der Waals surface area contributed by atoms with Crippen LogP contribution in [0, 0.1) is 6.92 Å². The largest absolute Gasteiger partial charge is 0.486 e. The summed E-state index contributed by atoms with van der Waals surface area (Å²) in [6.45, 7) is 3.17. The first-order valence-electron chi connectivity index (χ1n) is 5.11. The van der Waals surface area contributed by atoms with Gasteiger partial charge in [-0.05, 0) is 19.1 Å². The topological polar surface area (TPSA) is 51.6 Å². The molecule has 82 valence electrons. The molecule has 0 aliphatic carbocycles. The van der Waals surface area contributed by atoms with E-state index < -0.39 is 0 Å². The Morgan fingerprint density at radius 2 is 2.47 bits per heavy atom. The Morgan fingerprint density at radius 1 is 1.60 bits per heavy atom. The molecule has 0 bridgehead atoms. The number of aliphatic hydroxyl groups is 1. The number of ether oxygens (including phenoxy) is 2. The Kier molecular flexibility index (Phi) is 3.18. The summed E-state index contributed by atoms with van der Waals surface area (Å²) in [5, 5.41) is 9.14. The Bertz CT molecular complexity index is 335. The lowest BCUT2D eigenvalue weighted by Crippen LogP contribution is -2.17. The van der Waals surface area contributed by atoms with Gasteiger partial charge in [0.1, 0.15) is 17.5 Å². The van der Waals surface area contributed by atoms with E-state index in [4.69, 9.17) is 14.6 Å². The van der Waals surface area contributed by atoms with Gasteiger partial charge in [-0.3, -0.25) is 4.98 Å². The minimum absolute atomic E-state index is 0.0927. The van der Waals surface area contributed by atoms with Crippen molar-refractivity contribution in [3.05, 3.63) is 23.5 Å². The molecule has 0 saturated carbocycles. The van der Waals surface area contributed by atoms with Crippen molar-refractivity contribution < 1.29 is 14.6 Å². The van der Waals surface area contributed by atoms with Gasteiger partial charge < -0.3 is 14.6 Å². The van der Waals surface area contributed by atoms with Gasteiger partial charge in [-0.2, -0.15) is 0 Å². The van der Waals surface area contributed by atoms with Crippen molar-refractivity contribution >= 4 is 0 Å². The van der Waals surface area contributed by atoms with E-state index in [0.29, 0.717) is 18.1 Å².